The van der Waals surface area contributed by atoms with Crippen LogP contribution in [-0.4, -0.2) is 103 Å². The summed E-state index contributed by atoms with van der Waals surface area (Å²) < 4.78 is 20.3. The van der Waals surface area contributed by atoms with Crippen LogP contribution in [0, 0.1) is 17.8 Å². The molecule has 0 bridgehead atoms. The molecule has 12 nitrogen and oxygen atoms in total. The third-order valence-electron chi connectivity index (χ3n) is 12.1. The Morgan fingerprint density at radius 1 is 1.05 bits per heavy atom. The molecular formula is C46H62N4O8. The van der Waals surface area contributed by atoms with Crippen molar-refractivity contribution in [3.63, 3.8) is 0 Å². The minimum Gasteiger partial charge on any atom is -0.490 e. The Morgan fingerprint density at radius 3 is 2.55 bits per heavy atom. The number of amides is 3. The van der Waals surface area contributed by atoms with E-state index in [1.165, 1.54) is 0 Å². The van der Waals surface area contributed by atoms with Gasteiger partial charge in [0.25, 0.3) is 0 Å². The number of aliphatic hydroxyl groups is 2. The predicted molar refractivity (Wildman–Crippen MR) is 223 cm³/mol. The van der Waals surface area contributed by atoms with Crippen LogP contribution in [0.4, 0.5) is 4.79 Å². The highest BCUT2D eigenvalue weighted by Gasteiger charge is 2.65. The highest BCUT2D eigenvalue weighted by atomic mass is 16.7. The van der Waals surface area contributed by atoms with E-state index in [-0.39, 0.29) is 56.1 Å². The number of likely N-dealkylation sites (tertiary alicyclic amines) is 1. The summed E-state index contributed by atoms with van der Waals surface area (Å²) in [4.78, 5) is 36.1. The molecule has 2 fully saturated rings. The summed E-state index contributed by atoms with van der Waals surface area (Å²) in [7, 11) is 1.78. The molecule has 6 rings (SSSR count). The van der Waals surface area contributed by atoms with Crippen LogP contribution < -0.4 is 14.8 Å². The molecule has 3 N–H and O–H groups in total. The first-order valence-electron chi connectivity index (χ1n) is 21.1. The molecule has 4 aliphatic rings. The molecule has 2 aliphatic carbocycles. The molecule has 0 radical (unpaired) electrons. The van der Waals surface area contributed by atoms with Crippen LogP contribution in [0.15, 0.2) is 90.6 Å². The van der Waals surface area contributed by atoms with Crippen molar-refractivity contribution in [2.75, 3.05) is 53.1 Å². The average molecular weight is 799 g/mol. The number of nitrogens with zero attached hydrogens (tertiary/aromatic N) is 3. The van der Waals surface area contributed by atoms with Crippen molar-refractivity contribution in [1.29, 1.82) is 0 Å². The molecule has 2 aromatic carbocycles. The summed E-state index contributed by atoms with van der Waals surface area (Å²) in [5.74, 6) is -0.191. The summed E-state index contributed by atoms with van der Waals surface area (Å²) in [6.07, 6.45) is 12.9. The first kappa shape index (κ1) is 42.9. The Bertz CT molecular complexity index is 1770. The molecule has 2 aliphatic heterocycles. The van der Waals surface area contributed by atoms with E-state index in [9.17, 15) is 19.8 Å². The molecule has 3 amide bonds. The minimum absolute atomic E-state index is 0.0978. The lowest BCUT2D eigenvalue weighted by molar-refractivity contribution is -0.252. The van der Waals surface area contributed by atoms with Crippen molar-refractivity contribution in [3.05, 3.63) is 96.6 Å². The fourth-order valence-corrected chi connectivity index (χ4v) is 9.40. The van der Waals surface area contributed by atoms with Crippen LogP contribution in [0.5, 0.6) is 11.5 Å². The van der Waals surface area contributed by atoms with Crippen LogP contribution in [0.25, 0.3) is 0 Å². The van der Waals surface area contributed by atoms with Gasteiger partial charge < -0.3 is 44.4 Å². The van der Waals surface area contributed by atoms with Crippen LogP contribution in [-0.2, 0) is 21.0 Å². The topological polar surface area (TPSA) is 142 Å². The monoisotopic (exact) mass is 798 g/mol. The average Bonchev–Trinajstić information content (AvgIpc) is 3.66. The van der Waals surface area contributed by atoms with E-state index in [0.29, 0.717) is 63.3 Å². The molecule has 0 aromatic heterocycles. The zero-order valence-electron chi connectivity index (χ0n) is 34.1. The molecule has 2 aromatic rings. The number of likely N-dealkylation sites (N-methyl/N-ethyl adjacent to an activating group) is 1. The quantitative estimate of drug-likeness (QED) is 0.0676. The third-order valence-corrected chi connectivity index (χ3v) is 12.1. The molecule has 6 atom stereocenters. The first-order valence-corrected chi connectivity index (χ1v) is 21.1. The van der Waals surface area contributed by atoms with Crippen LogP contribution in [0.3, 0.4) is 0 Å². The Balaban J connectivity index is 1.45. The van der Waals surface area contributed by atoms with Gasteiger partial charge in [-0.25, -0.2) is 4.79 Å². The number of hydrogen-bond donors (Lipinski definition) is 3. The molecule has 0 spiro atoms. The lowest BCUT2D eigenvalue weighted by Crippen LogP contribution is -2.70. The van der Waals surface area contributed by atoms with E-state index < -0.39 is 17.7 Å². The number of allylic oxidation sites excluding steroid dienone is 1. The minimum atomic E-state index is -1.35. The molecular weight excluding hydrogens is 737 g/mol. The predicted octanol–water partition coefficient (Wildman–Crippen LogP) is 6.74. The molecule has 6 unspecified atom stereocenters. The van der Waals surface area contributed by atoms with E-state index in [1.807, 2.05) is 47.4 Å². The summed E-state index contributed by atoms with van der Waals surface area (Å²) in [5, 5.41) is 27.7. The number of fused-ring (bicyclic) bond motifs is 2. The SMILES string of the molecule is C=CCOc1ccc2c(c1)C1C(CCCCO)C(CCCCO)C=C3C(=NOCc4ccccc4)CC(N(C)C(=O)NCCCN4CCCC4=O)C(OCC=C)(O2)C31. The number of oxime groups is 1. The number of ether oxygens (including phenoxy) is 3. The van der Waals surface area contributed by atoms with E-state index in [4.69, 9.17) is 24.2 Å². The second-order valence-corrected chi connectivity index (χ2v) is 15.8. The summed E-state index contributed by atoms with van der Waals surface area (Å²) in [6.45, 7) is 10.6. The van der Waals surface area contributed by atoms with Gasteiger partial charge in [0.2, 0.25) is 11.7 Å². The number of urea groups is 1. The Hall–Kier alpha value is -4.65. The second-order valence-electron chi connectivity index (χ2n) is 15.8. The van der Waals surface area contributed by atoms with Gasteiger partial charge in [-0.15, -0.1) is 6.58 Å². The molecule has 1 saturated carbocycles. The van der Waals surface area contributed by atoms with Gasteiger partial charge in [-0.2, -0.15) is 0 Å². The first-order chi connectivity index (χ1) is 28.3. The van der Waals surface area contributed by atoms with Gasteiger partial charge in [0.1, 0.15) is 30.8 Å². The van der Waals surface area contributed by atoms with Gasteiger partial charge in [-0.05, 0) is 79.7 Å². The maximum Gasteiger partial charge on any atom is 0.317 e. The van der Waals surface area contributed by atoms with Crippen molar-refractivity contribution < 1.29 is 38.9 Å². The number of benzene rings is 2. The van der Waals surface area contributed by atoms with Gasteiger partial charge in [-0.3, -0.25) is 4.79 Å². The zero-order valence-corrected chi connectivity index (χ0v) is 34.1. The van der Waals surface area contributed by atoms with Crippen LogP contribution in [0.2, 0.25) is 0 Å². The van der Waals surface area contributed by atoms with Crippen LogP contribution >= 0.6 is 0 Å². The number of carbonyl (C=O) groups excluding carboxylic acids is 2. The molecule has 2 heterocycles. The van der Waals surface area contributed by atoms with Gasteiger partial charge in [0, 0.05) is 64.2 Å². The Kier molecular flexibility index (Phi) is 15.4. The largest absolute Gasteiger partial charge is 0.490 e. The Morgan fingerprint density at radius 2 is 1.83 bits per heavy atom. The molecule has 1 saturated heterocycles. The maximum absolute atomic E-state index is 14.2. The van der Waals surface area contributed by atoms with E-state index in [2.05, 4.69) is 30.6 Å². The van der Waals surface area contributed by atoms with Crippen molar-refractivity contribution in [2.45, 2.75) is 88.6 Å². The van der Waals surface area contributed by atoms with Gasteiger partial charge >= 0.3 is 6.03 Å². The third kappa shape index (κ3) is 9.78. The van der Waals surface area contributed by atoms with Crippen molar-refractivity contribution in [1.82, 2.24) is 15.1 Å². The maximum atomic E-state index is 14.2. The van der Waals surface area contributed by atoms with Gasteiger partial charge in [0.05, 0.1) is 18.2 Å². The number of unbranched alkanes of at least 4 members (excludes halogenated alkanes) is 2. The number of aliphatic hydroxyl groups excluding tert-OH is 2. The fourth-order valence-electron chi connectivity index (χ4n) is 9.40. The van der Waals surface area contributed by atoms with E-state index >= 15 is 0 Å². The Labute approximate surface area is 343 Å². The highest BCUT2D eigenvalue weighted by molar-refractivity contribution is 6.03. The summed E-state index contributed by atoms with van der Waals surface area (Å²) in [6, 6.07) is 14.9. The molecule has 12 heteroatoms. The van der Waals surface area contributed by atoms with Gasteiger partial charge in [-0.1, -0.05) is 73.1 Å². The lowest BCUT2D eigenvalue weighted by atomic mass is 9.55. The van der Waals surface area contributed by atoms with Gasteiger partial charge in [0.15, 0.2) is 0 Å². The van der Waals surface area contributed by atoms with Crippen molar-refractivity contribution in [2.24, 2.45) is 22.9 Å². The molecule has 58 heavy (non-hydrogen) atoms. The zero-order chi connectivity index (χ0) is 40.9. The normalized spacial score (nSPS) is 25.3. The lowest BCUT2D eigenvalue weighted by Gasteiger charge is -2.59. The number of carbonyl (C=O) groups is 2. The van der Waals surface area contributed by atoms with E-state index in [1.54, 1.807) is 24.1 Å². The number of hydrogen-bond acceptors (Lipinski definition) is 9. The van der Waals surface area contributed by atoms with E-state index in [0.717, 1.165) is 61.1 Å². The number of rotatable bonds is 22. The second kappa shape index (κ2) is 20.9. The fraction of sp³-hybridized carbons (Fsp3) is 0.543. The standard InChI is InChI=1S/C46H62N4O8/c1-4-27-55-35-20-21-40-38(30-35)43-36(18-10-12-26-52)34(17-9-11-25-51)29-37-39(48-57-32-33-15-7-6-8-16-33)31-41(46(58-40,44(37)43)56-28-5-2)49(3)45(54)47-22-14-24-50-23-13-19-42(50)53/h4-8,15-16,20-21,29-30,34,36,41,43-44,51-52H,1-2,9-14,17-19,22-28,31-32H2,3H3,(H,47,54). The summed E-state index contributed by atoms with van der Waals surface area (Å²) >= 11 is 0. The van der Waals surface area contributed by atoms with Crippen molar-refractivity contribution in [3.8, 4) is 11.5 Å². The highest BCUT2D eigenvalue weighted by Crippen LogP contribution is 2.61. The smallest absolute Gasteiger partial charge is 0.317 e. The molecule has 314 valence electrons. The van der Waals surface area contributed by atoms with Crippen LogP contribution in [0.1, 0.15) is 81.3 Å². The van der Waals surface area contributed by atoms with Crippen molar-refractivity contribution >= 4 is 17.6 Å². The number of nitrogens with one attached hydrogen (secondary N) is 1. The summed E-state index contributed by atoms with van der Waals surface area (Å²) in [5.41, 5.74) is 3.68.